The maximum Gasteiger partial charge on any atom is 0.225 e. The second kappa shape index (κ2) is 9.35. The second-order valence-electron chi connectivity index (χ2n) is 6.77. The van der Waals surface area contributed by atoms with E-state index in [0.29, 0.717) is 12.0 Å². The van der Waals surface area contributed by atoms with Crippen LogP contribution in [0.4, 0.5) is 0 Å². The Kier molecular flexibility index (Phi) is 8.15. The largest absolute Gasteiger partial charge is 0.356 e. The van der Waals surface area contributed by atoms with Gasteiger partial charge >= 0.3 is 0 Å². The maximum absolute atomic E-state index is 11.9. The molecule has 0 bridgehead atoms. The predicted octanol–water partition coefficient (Wildman–Crippen LogP) is 2.35. The van der Waals surface area contributed by atoms with Crippen LogP contribution in [0, 0.1) is 11.8 Å². The third-order valence-corrected chi connectivity index (χ3v) is 3.66. The molecule has 1 rings (SSSR count). The number of rotatable bonds is 10. The van der Waals surface area contributed by atoms with Crippen LogP contribution in [0.1, 0.15) is 49.8 Å². The molecular weight excluding hydrogens is 250 g/mol. The average molecular weight is 287 g/mol. The first-order chi connectivity index (χ1) is 9.49. The van der Waals surface area contributed by atoms with Crippen LogP contribution in [0.2, 0.25) is 0 Å². The monoisotopic (exact) mass is 287 g/mol. The van der Waals surface area contributed by atoms with Gasteiger partial charge in [0.25, 0.3) is 0 Å². The van der Waals surface area contributed by atoms with Gasteiger partial charge in [0.15, 0.2) is 0 Å². The fourth-order valence-corrected chi connectivity index (χ4v) is 2.57. The Labute approximate surface area is 127 Å². The molecule has 2 N–H and O–H groups in total. The molecule has 0 spiro atoms. The molecule has 1 fully saturated rings. The zero-order valence-corrected chi connectivity index (χ0v) is 13.7. The molecule has 0 aromatic carbocycles. The SMILES string of the molecule is CC(C)CN1CC(C(=O)NCCCCCNC(C)C)C1.[HH].[HH]. The van der Waals surface area contributed by atoms with E-state index in [1.54, 1.807) is 0 Å². The normalized spacial score (nSPS) is 16.7. The third kappa shape index (κ3) is 7.25. The van der Waals surface area contributed by atoms with Gasteiger partial charge in [0.05, 0.1) is 5.92 Å². The van der Waals surface area contributed by atoms with Gasteiger partial charge in [-0.05, 0) is 25.3 Å². The Bertz CT molecular complexity index is 283. The molecule has 0 saturated carbocycles. The number of nitrogens with zero attached hydrogens (tertiary/aromatic N) is 1. The van der Waals surface area contributed by atoms with E-state index in [1.807, 2.05) is 0 Å². The van der Waals surface area contributed by atoms with Crippen molar-refractivity contribution >= 4 is 5.91 Å². The highest BCUT2D eigenvalue weighted by atomic mass is 16.2. The van der Waals surface area contributed by atoms with Gasteiger partial charge in [-0.2, -0.15) is 0 Å². The first-order valence-electron chi connectivity index (χ1n) is 8.22. The van der Waals surface area contributed by atoms with Crippen molar-refractivity contribution in [3.05, 3.63) is 0 Å². The molecule has 1 saturated heterocycles. The lowest BCUT2D eigenvalue weighted by Crippen LogP contribution is -2.54. The van der Waals surface area contributed by atoms with Crippen LogP contribution in [-0.4, -0.2) is 49.6 Å². The molecule has 122 valence electrons. The summed E-state index contributed by atoms with van der Waals surface area (Å²) >= 11 is 0. The number of hydrogen-bond donors (Lipinski definition) is 2. The molecular formula is C16H37N3O. The molecule has 4 heteroatoms. The highest BCUT2D eigenvalue weighted by Gasteiger charge is 2.32. The van der Waals surface area contributed by atoms with Gasteiger partial charge in [0.2, 0.25) is 5.91 Å². The van der Waals surface area contributed by atoms with Crippen LogP contribution in [0.15, 0.2) is 0 Å². The first kappa shape index (κ1) is 17.4. The van der Waals surface area contributed by atoms with Gasteiger partial charge in [0, 0.05) is 35.1 Å². The van der Waals surface area contributed by atoms with Gasteiger partial charge in [-0.15, -0.1) is 0 Å². The number of amides is 1. The highest BCUT2D eigenvalue weighted by molar-refractivity contribution is 5.79. The van der Waals surface area contributed by atoms with E-state index in [0.717, 1.165) is 39.1 Å². The standard InChI is InChI=1S/C16H33N3O.2H2/c1-13(2)10-19-11-15(12-19)16(20)18-9-7-5-6-8-17-14(3)4;;/h13-15,17H,5-12H2,1-4H3,(H,18,20);2*1H. The summed E-state index contributed by atoms with van der Waals surface area (Å²) in [7, 11) is 0. The molecule has 1 amide bonds. The molecule has 0 unspecified atom stereocenters. The summed E-state index contributed by atoms with van der Waals surface area (Å²) in [6, 6.07) is 0.571. The van der Waals surface area contributed by atoms with Crippen LogP contribution in [0.5, 0.6) is 0 Å². The third-order valence-electron chi connectivity index (χ3n) is 3.66. The predicted molar refractivity (Wildman–Crippen MR) is 89.0 cm³/mol. The van der Waals surface area contributed by atoms with Gasteiger partial charge in [0.1, 0.15) is 0 Å². The van der Waals surface area contributed by atoms with Crippen LogP contribution < -0.4 is 10.6 Å². The van der Waals surface area contributed by atoms with Crippen LogP contribution in [-0.2, 0) is 4.79 Å². The lowest BCUT2D eigenvalue weighted by atomic mass is 9.97. The van der Waals surface area contributed by atoms with Crippen molar-refractivity contribution in [2.24, 2.45) is 11.8 Å². The zero-order valence-electron chi connectivity index (χ0n) is 13.7. The minimum Gasteiger partial charge on any atom is -0.356 e. The quantitative estimate of drug-likeness (QED) is 0.606. The van der Waals surface area contributed by atoms with Crippen molar-refractivity contribution in [3.8, 4) is 0 Å². The summed E-state index contributed by atoms with van der Waals surface area (Å²) in [4.78, 5) is 14.3. The first-order valence-corrected chi connectivity index (χ1v) is 8.22. The second-order valence-corrected chi connectivity index (χ2v) is 6.77. The summed E-state index contributed by atoms with van der Waals surface area (Å²) in [6.07, 6.45) is 3.47. The fraction of sp³-hybridized carbons (Fsp3) is 0.938. The highest BCUT2D eigenvalue weighted by Crippen LogP contribution is 2.16. The van der Waals surface area contributed by atoms with Gasteiger partial charge in [-0.3, -0.25) is 4.79 Å². The van der Waals surface area contributed by atoms with Gasteiger partial charge < -0.3 is 15.5 Å². The van der Waals surface area contributed by atoms with Crippen molar-refractivity contribution in [3.63, 3.8) is 0 Å². The molecule has 0 aromatic heterocycles. The molecule has 1 aliphatic heterocycles. The summed E-state index contributed by atoms with van der Waals surface area (Å²) in [5.41, 5.74) is 0. The van der Waals surface area contributed by atoms with E-state index < -0.39 is 0 Å². The molecule has 20 heavy (non-hydrogen) atoms. The average Bonchev–Trinajstić information content (AvgIpc) is 2.31. The summed E-state index contributed by atoms with van der Waals surface area (Å²) in [5, 5.41) is 6.48. The van der Waals surface area contributed by atoms with Gasteiger partial charge in [-0.1, -0.05) is 34.1 Å². The number of unbranched alkanes of at least 4 members (excludes halogenated alkanes) is 2. The minimum atomic E-state index is 0. The molecule has 0 radical (unpaired) electrons. The van der Waals surface area contributed by atoms with E-state index in [-0.39, 0.29) is 14.7 Å². The lowest BCUT2D eigenvalue weighted by Gasteiger charge is -2.39. The van der Waals surface area contributed by atoms with Crippen molar-refractivity contribution in [2.45, 2.75) is 53.0 Å². The Morgan fingerprint density at radius 2 is 1.80 bits per heavy atom. The number of hydrogen-bond acceptors (Lipinski definition) is 3. The number of nitrogens with one attached hydrogen (secondary N) is 2. The zero-order chi connectivity index (χ0) is 15.0. The van der Waals surface area contributed by atoms with E-state index >= 15 is 0 Å². The lowest BCUT2D eigenvalue weighted by molar-refractivity contribution is -0.130. The molecule has 1 aliphatic rings. The summed E-state index contributed by atoms with van der Waals surface area (Å²) in [5.74, 6) is 1.18. The number of carbonyl (C=O) groups excluding carboxylic acids is 1. The Morgan fingerprint density at radius 1 is 1.15 bits per heavy atom. The summed E-state index contributed by atoms with van der Waals surface area (Å²) in [6.45, 7) is 13.7. The molecule has 4 nitrogen and oxygen atoms in total. The van der Waals surface area contributed by atoms with Crippen LogP contribution >= 0.6 is 0 Å². The van der Waals surface area contributed by atoms with Crippen molar-refractivity contribution in [2.75, 3.05) is 32.7 Å². The molecule has 0 aliphatic carbocycles. The van der Waals surface area contributed by atoms with E-state index in [4.69, 9.17) is 0 Å². The van der Waals surface area contributed by atoms with Crippen molar-refractivity contribution in [1.29, 1.82) is 0 Å². The summed E-state index contributed by atoms with van der Waals surface area (Å²) < 4.78 is 0. The van der Waals surface area contributed by atoms with Crippen LogP contribution in [0.25, 0.3) is 0 Å². The number of likely N-dealkylation sites (tertiary alicyclic amines) is 1. The number of carbonyl (C=O) groups is 1. The van der Waals surface area contributed by atoms with E-state index in [2.05, 4.69) is 43.2 Å². The van der Waals surface area contributed by atoms with Crippen molar-refractivity contribution < 1.29 is 7.65 Å². The van der Waals surface area contributed by atoms with E-state index in [1.165, 1.54) is 12.8 Å². The molecule has 0 atom stereocenters. The van der Waals surface area contributed by atoms with E-state index in [9.17, 15) is 4.79 Å². The smallest absolute Gasteiger partial charge is 0.225 e. The topological polar surface area (TPSA) is 44.4 Å². The Balaban J connectivity index is 0. The van der Waals surface area contributed by atoms with Crippen LogP contribution in [0.3, 0.4) is 0 Å². The molecule has 1 heterocycles. The van der Waals surface area contributed by atoms with Gasteiger partial charge in [-0.25, -0.2) is 0 Å². The maximum atomic E-state index is 11.9. The Hall–Kier alpha value is -0.610. The Morgan fingerprint density at radius 3 is 2.40 bits per heavy atom. The van der Waals surface area contributed by atoms with Crippen molar-refractivity contribution in [1.82, 2.24) is 15.5 Å². The fourth-order valence-electron chi connectivity index (χ4n) is 2.57. The minimum absolute atomic E-state index is 0. The molecule has 0 aromatic rings.